The van der Waals surface area contributed by atoms with Gasteiger partial charge in [-0.1, -0.05) is 11.6 Å². The highest BCUT2D eigenvalue weighted by atomic mass is 35.5. The maximum atomic E-state index is 11.8. The molecule has 0 saturated heterocycles. The van der Waals surface area contributed by atoms with Gasteiger partial charge in [-0.25, -0.2) is 0 Å². The Kier molecular flexibility index (Phi) is 5.74. The third-order valence-corrected chi connectivity index (χ3v) is 5.48. The Balaban J connectivity index is 2.36. The van der Waals surface area contributed by atoms with Gasteiger partial charge >= 0.3 is 0 Å². The molecule has 6 heteroatoms. The maximum absolute atomic E-state index is 11.8. The topological polar surface area (TPSA) is 49.3 Å². The predicted octanol–water partition coefficient (Wildman–Crippen LogP) is 3.30. The second-order valence-corrected chi connectivity index (χ2v) is 8.22. The van der Waals surface area contributed by atoms with Crippen LogP contribution in [0.2, 0.25) is 4.34 Å². The molecule has 1 heterocycles. The third-order valence-electron chi connectivity index (χ3n) is 3.09. The quantitative estimate of drug-likeness (QED) is 0.845. The summed E-state index contributed by atoms with van der Waals surface area (Å²) in [5, 5.41) is 12.8. The standard InChI is InChI=1S/C13H20ClNO2S2/c1-12(2,13(3,4)17)15-11(16)8-18-7-9-5-6-10(14)19-9/h5-6,17H,7-8H2,1-4H3,(H,15,16). The lowest BCUT2D eigenvalue weighted by Crippen LogP contribution is -2.58. The summed E-state index contributed by atoms with van der Waals surface area (Å²) in [5.74, 6) is 1.07. The van der Waals surface area contributed by atoms with Crippen LogP contribution in [0.15, 0.2) is 12.1 Å². The summed E-state index contributed by atoms with van der Waals surface area (Å²) < 4.78 is 0.767. The van der Waals surface area contributed by atoms with Crippen molar-refractivity contribution in [2.45, 2.75) is 44.6 Å². The first kappa shape index (κ1) is 16.8. The van der Waals surface area contributed by atoms with Gasteiger partial charge in [0.1, 0.15) is 0 Å². The second-order valence-electron chi connectivity index (χ2n) is 5.43. The van der Waals surface area contributed by atoms with Crippen molar-refractivity contribution in [1.29, 1.82) is 0 Å². The van der Waals surface area contributed by atoms with Crippen LogP contribution in [0.4, 0.5) is 0 Å². The molecule has 0 aliphatic carbocycles. The normalized spacial score (nSPS) is 12.5. The van der Waals surface area contributed by atoms with E-state index in [1.54, 1.807) is 13.8 Å². The number of carbonyl (C=O) groups excluding carboxylic acids is 1. The number of halogens is 1. The number of nitrogens with one attached hydrogen (secondary N) is 1. The minimum absolute atomic E-state index is 0.0696. The van der Waals surface area contributed by atoms with Crippen LogP contribution in [-0.4, -0.2) is 27.9 Å². The highest BCUT2D eigenvalue weighted by molar-refractivity contribution is 7.99. The Bertz CT molecular complexity index is 438. The molecule has 0 fully saturated rings. The number of thiophene rings is 1. The number of aliphatic hydroxyl groups is 1. The van der Waals surface area contributed by atoms with Crippen molar-refractivity contribution < 1.29 is 9.90 Å². The van der Waals surface area contributed by atoms with Gasteiger partial charge in [-0.2, -0.15) is 0 Å². The minimum Gasteiger partial charge on any atom is -0.388 e. The summed E-state index contributed by atoms with van der Waals surface area (Å²) in [4.78, 5) is 13.0. The minimum atomic E-state index is -0.964. The lowest BCUT2D eigenvalue weighted by molar-refractivity contribution is -0.123. The average Bonchev–Trinajstić information content (AvgIpc) is 2.61. The van der Waals surface area contributed by atoms with Gasteiger partial charge < -0.3 is 10.4 Å². The van der Waals surface area contributed by atoms with E-state index in [9.17, 15) is 9.90 Å². The molecule has 2 N–H and O–H groups in total. The molecule has 0 aromatic carbocycles. The molecule has 0 aliphatic heterocycles. The van der Waals surface area contributed by atoms with E-state index in [0.29, 0.717) is 5.75 Å². The van der Waals surface area contributed by atoms with Crippen molar-refractivity contribution in [3.63, 3.8) is 0 Å². The van der Waals surface area contributed by atoms with Gasteiger partial charge in [0.15, 0.2) is 0 Å². The van der Waals surface area contributed by atoms with Crippen molar-refractivity contribution in [2.24, 2.45) is 0 Å². The van der Waals surface area contributed by atoms with E-state index in [2.05, 4.69) is 5.32 Å². The SMILES string of the molecule is CC(C)(O)C(C)(C)NC(=O)CSCc1ccc(Cl)s1. The molecule has 1 rings (SSSR count). The van der Waals surface area contributed by atoms with Gasteiger partial charge in [0.05, 0.1) is 21.2 Å². The molecule has 0 unspecified atom stereocenters. The second kappa shape index (κ2) is 6.48. The predicted molar refractivity (Wildman–Crippen MR) is 84.0 cm³/mol. The third kappa shape index (κ3) is 5.34. The Morgan fingerprint density at radius 1 is 1.42 bits per heavy atom. The first-order valence-corrected chi connectivity index (χ1v) is 8.32. The summed E-state index contributed by atoms with van der Waals surface area (Å²) in [7, 11) is 0. The zero-order chi connectivity index (χ0) is 14.7. The monoisotopic (exact) mass is 321 g/mol. The zero-order valence-corrected chi connectivity index (χ0v) is 14.0. The van der Waals surface area contributed by atoms with E-state index >= 15 is 0 Å². The fourth-order valence-electron chi connectivity index (χ4n) is 1.21. The summed E-state index contributed by atoms with van der Waals surface area (Å²) in [6.45, 7) is 7.01. The Hall–Kier alpha value is -0.230. The summed E-state index contributed by atoms with van der Waals surface area (Å²) in [6.07, 6.45) is 0. The molecular weight excluding hydrogens is 302 g/mol. The van der Waals surface area contributed by atoms with Gasteiger partial charge in [0.2, 0.25) is 5.91 Å². The largest absolute Gasteiger partial charge is 0.388 e. The van der Waals surface area contributed by atoms with Crippen LogP contribution < -0.4 is 5.32 Å². The van der Waals surface area contributed by atoms with Crippen LogP contribution in [0.5, 0.6) is 0 Å². The first-order valence-electron chi connectivity index (χ1n) is 5.97. The Morgan fingerprint density at radius 2 is 2.05 bits per heavy atom. The van der Waals surface area contributed by atoms with Gasteiger partial charge in [-0.3, -0.25) is 4.79 Å². The fraction of sp³-hybridized carbons (Fsp3) is 0.615. The molecule has 108 valence electrons. The zero-order valence-electron chi connectivity index (χ0n) is 11.6. The smallest absolute Gasteiger partial charge is 0.230 e. The molecular formula is C13H20ClNO2S2. The molecule has 1 aromatic rings. The van der Waals surface area contributed by atoms with Crippen molar-refractivity contribution in [2.75, 3.05) is 5.75 Å². The number of hydrogen-bond donors (Lipinski definition) is 2. The van der Waals surface area contributed by atoms with E-state index in [1.165, 1.54) is 23.1 Å². The van der Waals surface area contributed by atoms with E-state index in [1.807, 2.05) is 26.0 Å². The van der Waals surface area contributed by atoms with Crippen LogP contribution >= 0.6 is 34.7 Å². The molecule has 0 radical (unpaired) electrons. The van der Waals surface area contributed by atoms with E-state index in [0.717, 1.165) is 15.0 Å². The number of carbonyl (C=O) groups is 1. The van der Waals surface area contributed by atoms with E-state index in [-0.39, 0.29) is 5.91 Å². The number of thioether (sulfide) groups is 1. The van der Waals surface area contributed by atoms with Gasteiger partial charge in [-0.15, -0.1) is 23.1 Å². The first-order chi connectivity index (χ1) is 8.62. The highest BCUT2D eigenvalue weighted by Gasteiger charge is 2.36. The molecule has 0 aliphatic rings. The number of rotatable bonds is 6. The van der Waals surface area contributed by atoms with Crippen LogP contribution in [0.25, 0.3) is 0 Å². The summed E-state index contributed by atoms with van der Waals surface area (Å²) >= 11 is 8.91. The lowest BCUT2D eigenvalue weighted by atomic mass is 9.86. The summed E-state index contributed by atoms with van der Waals surface area (Å²) in [6, 6.07) is 3.83. The number of hydrogen-bond acceptors (Lipinski definition) is 4. The van der Waals surface area contributed by atoms with Crippen molar-refractivity contribution in [3.05, 3.63) is 21.3 Å². The van der Waals surface area contributed by atoms with Gasteiger partial charge in [-0.05, 0) is 39.8 Å². The van der Waals surface area contributed by atoms with Crippen molar-refractivity contribution >= 4 is 40.6 Å². The van der Waals surface area contributed by atoms with Gasteiger partial charge in [0, 0.05) is 10.6 Å². The highest BCUT2D eigenvalue weighted by Crippen LogP contribution is 2.25. The fourth-order valence-corrected chi connectivity index (χ4v) is 3.24. The molecule has 0 bridgehead atoms. The lowest BCUT2D eigenvalue weighted by Gasteiger charge is -2.37. The summed E-state index contributed by atoms with van der Waals surface area (Å²) in [5.41, 5.74) is -1.62. The van der Waals surface area contributed by atoms with Crippen molar-refractivity contribution in [1.82, 2.24) is 5.32 Å². The Morgan fingerprint density at radius 3 is 2.53 bits per heavy atom. The molecule has 0 spiro atoms. The number of amides is 1. The van der Waals surface area contributed by atoms with Crippen LogP contribution in [0.3, 0.4) is 0 Å². The Labute approximate surface area is 127 Å². The molecule has 3 nitrogen and oxygen atoms in total. The van der Waals surface area contributed by atoms with Crippen molar-refractivity contribution in [3.8, 4) is 0 Å². The maximum Gasteiger partial charge on any atom is 0.230 e. The average molecular weight is 322 g/mol. The molecule has 0 atom stereocenters. The molecule has 0 saturated carbocycles. The van der Waals surface area contributed by atoms with E-state index < -0.39 is 11.1 Å². The molecule has 1 aromatic heterocycles. The molecule has 1 amide bonds. The molecule has 19 heavy (non-hydrogen) atoms. The van der Waals surface area contributed by atoms with Crippen LogP contribution in [0.1, 0.15) is 32.6 Å². The van der Waals surface area contributed by atoms with Gasteiger partial charge in [0.25, 0.3) is 0 Å². The van der Waals surface area contributed by atoms with Crippen LogP contribution in [0, 0.1) is 0 Å². The van der Waals surface area contributed by atoms with Crippen LogP contribution in [-0.2, 0) is 10.5 Å². The van der Waals surface area contributed by atoms with E-state index in [4.69, 9.17) is 11.6 Å².